The highest BCUT2D eigenvalue weighted by molar-refractivity contribution is 6.00. The molecule has 0 atom stereocenters. The van der Waals surface area contributed by atoms with Gasteiger partial charge in [-0.3, -0.25) is 9.89 Å². The predicted octanol–water partition coefficient (Wildman–Crippen LogP) is 2.79. The smallest absolute Gasteiger partial charge is 0.236 e. The lowest BCUT2D eigenvalue weighted by Gasteiger charge is -2.14. The van der Waals surface area contributed by atoms with Crippen LogP contribution in [0.3, 0.4) is 0 Å². The zero-order valence-corrected chi connectivity index (χ0v) is 12.3. The second kappa shape index (κ2) is 4.91. The Morgan fingerprint density at radius 1 is 1.33 bits per heavy atom. The van der Waals surface area contributed by atoms with E-state index in [1.54, 1.807) is 0 Å². The summed E-state index contributed by atoms with van der Waals surface area (Å²) in [6.07, 6.45) is 1.73. The summed E-state index contributed by atoms with van der Waals surface area (Å²) in [5.41, 5.74) is 8.04. The topological polar surface area (TPSA) is 83.8 Å². The number of hydrogen-bond acceptors (Lipinski definition) is 3. The number of aromatic amines is 1. The van der Waals surface area contributed by atoms with E-state index in [0.29, 0.717) is 17.4 Å². The van der Waals surface area contributed by atoms with E-state index in [1.165, 1.54) is 0 Å². The number of aromatic nitrogens is 2. The lowest BCUT2D eigenvalue weighted by Crippen LogP contribution is -2.27. The molecule has 110 valence electrons. The van der Waals surface area contributed by atoms with E-state index in [-0.39, 0.29) is 5.91 Å². The first-order valence-electron chi connectivity index (χ1n) is 7.24. The molecular weight excluding hydrogens is 264 g/mol. The molecule has 1 aliphatic rings. The van der Waals surface area contributed by atoms with Crippen LogP contribution in [0.2, 0.25) is 0 Å². The molecule has 21 heavy (non-hydrogen) atoms. The molecule has 3 rings (SSSR count). The fraction of sp³-hybridized carbons (Fsp3) is 0.375. The number of nitrogens with zero attached hydrogens (tertiary/aromatic N) is 1. The summed E-state index contributed by atoms with van der Waals surface area (Å²) in [5, 5.41) is 10.0. The van der Waals surface area contributed by atoms with Crippen LogP contribution >= 0.6 is 0 Å². The van der Waals surface area contributed by atoms with E-state index in [9.17, 15) is 4.79 Å². The Kier molecular flexibility index (Phi) is 3.20. The highest BCUT2D eigenvalue weighted by Crippen LogP contribution is 2.49. The van der Waals surface area contributed by atoms with E-state index in [0.717, 1.165) is 24.1 Å². The Morgan fingerprint density at radius 3 is 2.52 bits per heavy atom. The monoisotopic (exact) mass is 284 g/mol. The second-order valence-electron chi connectivity index (χ2n) is 6.02. The summed E-state index contributed by atoms with van der Waals surface area (Å²) >= 11 is 0. The van der Waals surface area contributed by atoms with E-state index < -0.39 is 5.41 Å². The van der Waals surface area contributed by atoms with Crippen LogP contribution in [0.25, 0.3) is 0 Å². The maximum absolute atomic E-state index is 12.6. The van der Waals surface area contributed by atoms with Crippen LogP contribution in [0.1, 0.15) is 43.9 Å². The summed E-state index contributed by atoms with van der Waals surface area (Å²) in [5.74, 6) is 0.953. The first-order chi connectivity index (χ1) is 10.0. The average Bonchev–Trinajstić information content (AvgIpc) is 3.13. The summed E-state index contributed by atoms with van der Waals surface area (Å²) < 4.78 is 0. The van der Waals surface area contributed by atoms with Gasteiger partial charge < -0.3 is 11.1 Å². The third kappa shape index (κ3) is 2.51. The third-order valence-electron chi connectivity index (χ3n) is 4.11. The fourth-order valence-electron chi connectivity index (χ4n) is 2.51. The number of carbonyl (C=O) groups excluding carboxylic acids is 1. The summed E-state index contributed by atoms with van der Waals surface area (Å²) in [7, 11) is 0. The molecule has 1 saturated carbocycles. The molecule has 1 amide bonds. The van der Waals surface area contributed by atoms with Gasteiger partial charge in [0.15, 0.2) is 5.82 Å². The molecule has 1 aromatic carbocycles. The Labute approximate surface area is 123 Å². The van der Waals surface area contributed by atoms with Crippen molar-refractivity contribution < 1.29 is 4.79 Å². The number of nitrogens with one attached hydrogen (secondary N) is 2. The van der Waals surface area contributed by atoms with Gasteiger partial charge in [-0.2, -0.15) is 5.10 Å². The molecule has 0 radical (unpaired) electrons. The maximum atomic E-state index is 12.6. The molecular formula is C16H20N4O. The lowest BCUT2D eigenvalue weighted by atomic mass is 9.95. The largest absolute Gasteiger partial charge is 0.399 e. The highest BCUT2D eigenvalue weighted by Gasteiger charge is 2.51. The van der Waals surface area contributed by atoms with Crippen LogP contribution in [0.4, 0.5) is 11.5 Å². The number of amides is 1. The molecule has 1 fully saturated rings. The van der Waals surface area contributed by atoms with Gasteiger partial charge in [0.2, 0.25) is 5.91 Å². The summed E-state index contributed by atoms with van der Waals surface area (Å²) in [4.78, 5) is 12.6. The Bertz CT molecular complexity index is 653. The van der Waals surface area contributed by atoms with Crippen LogP contribution in [-0.4, -0.2) is 16.1 Å². The molecule has 0 bridgehead atoms. The number of hydrogen-bond donors (Lipinski definition) is 3. The molecule has 5 nitrogen and oxygen atoms in total. The molecule has 2 aromatic rings. The lowest BCUT2D eigenvalue weighted by molar-refractivity contribution is -0.118. The molecule has 1 heterocycles. The Morgan fingerprint density at radius 2 is 2.00 bits per heavy atom. The minimum absolute atomic E-state index is 0.00841. The minimum Gasteiger partial charge on any atom is -0.399 e. The van der Waals surface area contributed by atoms with Gasteiger partial charge in [0.25, 0.3) is 0 Å². The molecule has 1 aliphatic carbocycles. The molecule has 5 heteroatoms. The van der Waals surface area contributed by atoms with Crippen molar-refractivity contribution in [1.29, 1.82) is 0 Å². The first-order valence-corrected chi connectivity index (χ1v) is 7.24. The zero-order chi connectivity index (χ0) is 15.0. The van der Waals surface area contributed by atoms with Crippen molar-refractivity contribution in [3.63, 3.8) is 0 Å². The number of nitrogens with two attached hydrogens (primary N) is 1. The van der Waals surface area contributed by atoms with Gasteiger partial charge in [-0.05, 0) is 36.5 Å². The van der Waals surface area contributed by atoms with Crippen LogP contribution < -0.4 is 11.1 Å². The minimum atomic E-state index is -0.412. The van der Waals surface area contributed by atoms with Crippen LogP contribution in [0.15, 0.2) is 30.3 Å². The van der Waals surface area contributed by atoms with Gasteiger partial charge in [0.1, 0.15) is 0 Å². The van der Waals surface area contributed by atoms with Gasteiger partial charge in [-0.25, -0.2) is 0 Å². The Hall–Kier alpha value is -2.30. The SMILES string of the molecule is CC(C)c1cc(NC(=O)C2(c3ccc(N)cc3)CC2)n[nH]1. The molecule has 4 N–H and O–H groups in total. The van der Waals surface area contributed by atoms with Crippen molar-refractivity contribution in [1.82, 2.24) is 10.2 Å². The number of benzene rings is 1. The quantitative estimate of drug-likeness (QED) is 0.755. The van der Waals surface area contributed by atoms with Crippen LogP contribution in [0, 0.1) is 0 Å². The average molecular weight is 284 g/mol. The molecule has 1 aromatic heterocycles. The van der Waals surface area contributed by atoms with Gasteiger partial charge in [-0.15, -0.1) is 0 Å². The third-order valence-corrected chi connectivity index (χ3v) is 4.11. The van der Waals surface area contributed by atoms with Crippen molar-refractivity contribution in [2.24, 2.45) is 0 Å². The van der Waals surface area contributed by atoms with E-state index in [1.807, 2.05) is 30.3 Å². The first kappa shape index (κ1) is 13.7. The number of carbonyl (C=O) groups is 1. The van der Waals surface area contributed by atoms with Crippen LogP contribution in [0.5, 0.6) is 0 Å². The van der Waals surface area contributed by atoms with Crippen molar-refractivity contribution in [3.05, 3.63) is 41.6 Å². The van der Waals surface area contributed by atoms with Gasteiger partial charge in [-0.1, -0.05) is 26.0 Å². The fourth-order valence-corrected chi connectivity index (χ4v) is 2.51. The van der Waals surface area contributed by atoms with E-state index >= 15 is 0 Å². The second-order valence-corrected chi connectivity index (χ2v) is 6.02. The molecule has 0 saturated heterocycles. The normalized spacial score (nSPS) is 16.0. The molecule has 0 unspecified atom stereocenters. The van der Waals surface area contributed by atoms with Crippen molar-refractivity contribution in [3.8, 4) is 0 Å². The van der Waals surface area contributed by atoms with E-state index in [2.05, 4.69) is 29.4 Å². The van der Waals surface area contributed by atoms with Crippen molar-refractivity contribution in [2.75, 3.05) is 11.1 Å². The highest BCUT2D eigenvalue weighted by atomic mass is 16.2. The molecule has 0 spiro atoms. The number of rotatable bonds is 4. The Balaban J connectivity index is 1.76. The number of H-pyrrole nitrogens is 1. The number of nitrogen functional groups attached to an aromatic ring is 1. The molecule has 0 aliphatic heterocycles. The predicted molar refractivity (Wildman–Crippen MR) is 83.1 cm³/mol. The van der Waals surface area contributed by atoms with E-state index in [4.69, 9.17) is 5.73 Å². The van der Waals surface area contributed by atoms with Crippen molar-refractivity contribution in [2.45, 2.75) is 38.0 Å². The summed E-state index contributed by atoms with van der Waals surface area (Å²) in [6, 6.07) is 9.45. The van der Waals surface area contributed by atoms with Crippen molar-refractivity contribution >= 4 is 17.4 Å². The zero-order valence-electron chi connectivity index (χ0n) is 12.3. The standard InChI is InChI=1S/C16H20N4O/c1-10(2)13-9-14(20-19-13)18-15(21)16(7-8-16)11-3-5-12(17)6-4-11/h3-6,9-10H,7-8,17H2,1-2H3,(H2,18,19,20,21). The maximum Gasteiger partial charge on any atom is 0.236 e. The number of anilines is 2. The van der Waals surface area contributed by atoms with Gasteiger partial charge in [0, 0.05) is 17.4 Å². The van der Waals surface area contributed by atoms with Gasteiger partial charge in [0.05, 0.1) is 5.41 Å². The summed E-state index contributed by atoms with van der Waals surface area (Å²) in [6.45, 7) is 4.16. The van der Waals surface area contributed by atoms with Crippen LogP contribution in [-0.2, 0) is 10.2 Å². The van der Waals surface area contributed by atoms with Gasteiger partial charge >= 0.3 is 0 Å².